The molecule has 0 bridgehead atoms. The van der Waals surface area contributed by atoms with Crippen molar-refractivity contribution in [2.24, 2.45) is 0 Å². The molecule has 0 saturated heterocycles. The van der Waals surface area contributed by atoms with Crippen LogP contribution in [0.4, 0.5) is 0 Å². The van der Waals surface area contributed by atoms with Gasteiger partial charge in [0.1, 0.15) is 18.5 Å². The Balaban J connectivity index is 2.12. The Bertz CT molecular complexity index is 535. The number of hydrogen-bond donors (Lipinski definition) is 1. The summed E-state index contributed by atoms with van der Waals surface area (Å²) in [5.74, 6) is 0.748. The number of fused-ring (bicyclic) bond motifs is 1. The number of imidazole rings is 1. The summed E-state index contributed by atoms with van der Waals surface area (Å²) in [6.45, 7) is -0.0525. The van der Waals surface area contributed by atoms with E-state index in [1.165, 1.54) is 30.6 Å². The molecule has 2 heterocycles. The number of aliphatic hydroxyl groups is 1. The number of nitrogens with zero attached hydrogens (tertiary/aromatic N) is 4. The Morgan fingerprint density at radius 2 is 2.12 bits per heavy atom. The Morgan fingerprint density at radius 1 is 1.24 bits per heavy atom. The zero-order valence-corrected chi connectivity index (χ0v) is 9.50. The molecule has 3 rings (SSSR count). The zero-order valence-electron chi connectivity index (χ0n) is 9.50. The highest BCUT2D eigenvalue weighted by Crippen LogP contribution is 2.23. The summed E-state index contributed by atoms with van der Waals surface area (Å²) in [5, 5.41) is 9.31. The molecular weight excluding hydrogens is 216 g/mol. The maximum Gasteiger partial charge on any atom is 0.147 e. The van der Waals surface area contributed by atoms with Crippen LogP contribution in [0, 0.1) is 0 Å². The fourth-order valence-electron chi connectivity index (χ4n) is 2.33. The molecular formula is C12H14N4O. The minimum atomic E-state index is -0.0525. The van der Waals surface area contributed by atoms with E-state index in [-0.39, 0.29) is 6.61 Å². The first-order chi connectivity index (χ1) is 8.40. The highest BCUT2D eigenvalue weighted by Gasteiger charge is 2.18. The fraction of sp³-hybridized carbons (Fsp3) is 0.417. The Kier molecular flexibility index (Phi) is 2.60. The van der Waals surface area contributed by atoms with Crippen LogP contribution in [0.2, 0.25) is 0 Å². The van der Waals surface area contributed by atoms with Crippen molar-refractivity contribution in [1.82, 2.24) is 19.5 Å². The third kappa shape index (κ3) is 1.72. The molecule has 1 aliphatic rings. The van der Waals surface area contributed by atoms with Crippen molar-refractivity contribution >= 4 is 0 Å². The van der Waals surface area contributed by atoms with E-state index in [0.717, 1.165) is 24.2 Å². The van der Waals surface area contributed by atoms with E-state index >= 15 is 0 Å². The molecule has 2 aromatic heterocycles. The van der Waals surface area contributed by atoms with Crippen LogP contribution in [0.25, 0.3) is 5.82 Å². The van der Waals surface area contributed by atoms with E-state index in [1.807, 2.05) is 4.57 Å². The lowest BCUT2D eigenvalue weighted by molar-refractivity contribution is 0.280. The molecule has 88 valence electrons. The van der Waals surface area contributed by atoms with Crippen LogP contribution in [0.1, 0.15) is 29.8 Å². The second kappa shape index (κ2) is 4.25. The van der Waals surface area contributed by atoms with Gasteiger partial charge in [-0.1, -0.05) is 0 Å². The Morgan fingerprint density at radius 3 is 3.00 bits per heavy atom. The van der Waals surface area contributed by atoms with Gasteiger partial charge in [0.05, 0.1) is 12.3 Å². The van der Waals surface area contributed by atoms with Gasteiger partial charge in [-0.05, 0) is 25.7 Å². The minimum Gasteiger partial charge on any atom is -0.391 e. The highest BCUT2D eigenvalue weighted by atomic mass is 16.3. The lowest BCUT2D eigenvalue weighted by Gasteiger charge is -2.14. The van der Waals surface area contributed by atoms with E-state index in [1.54, 1.807) is 12.5 Å². The largest absolute Gasteiger partial charge is 0.391 e. The standard InChI is InChI=1S/C12H14N4O/c17-6-9-5-13-7-14-12(9)16-8-15-10-3-1-2-4-11(10)16/h5,7-8,17H,1-4,6H2. The molecule has 0 aliphatic heterocycles. The first kappa shape index (κ1) is 10.4. The molecule has 5 nitrogen and oxygen atoms in total. The fourth-order valence-corrected chi connectivity index (χ4v) is 2.33. The van der Waals surface area contributed by atoms with Gasteiger partial charge in [-0.25, -0.2) is 15.0 Å². The maximum atomic E-state index is 9.31. The summed E-state index contributed by atoms with van der Waals surface area (Å²) in [6, 6.07) is 0. The summed E-state index contributed by atoms with van der Waals surface area (Å²) in [6.07, 6.45) is 9.43. The minimum absolute atomic E-state index is 0.0525. The van der Waals surface area contributed by atoms with E-state index in [9.17, 15) is 5.11 Å². The molecule has 0 atom stereocenters. The molecule has 0 radical (unpaired) electrons. The summed E-state index contributed by atoms with van der Waals surface area (Å²) in [4.78, 5) is 12.6. The second-order valence-corrected chi connectivity index (χ2v) is 4.24. The van der Waals surface area contributed by atoms with Gasteiger partial charge in [-0.15, -0.1) is 0 Å². The van der Waals surface area contributed by atoms with Crippen molar-refractivity contribution in [3.05, 3.63) is 35.8 Å². The SMILES string of the molecule is OCc1cncnc1-n1cnc2c1CCCC2. The lowest BCUT2D eigenvalue weighted by atomic mass is 10.0. The molecule has 0 unspecified atom stereocenters. The van der Waals surface area contributed by atoms with Gasteiger partial charge >= 0.3 is 0 Å². The van der Waals surface area contributed by atoms with Crippen molar-refractivity contribution < 1.29 is 5.11 Å². The molecule has 0 spiro atoms. The van der Waals surface area contributed by atoms with Crippen molar-refractivity contribution in [2.45, 2.75) is 32.3 Å². The van der Waals surface area contributed by atoms with E-state index in [2.05, 4.69) is 15.0 Å². The monoisotopic (exact) mass is 230 g/mol. The third-order valence-electron chi connectivity index (χ3n) is 3.19. The summed E-state index contributed by atoms with van der Waals surface area (Å²) in [5.41, 5.74) is 3.13. The second-order valence-electron chi connectivity index (χ2n) is 4.24. The van der Waals surface area contributed by atoms with Crippen molar-refractivity contribution in [1.29, 1.82) is 0 Å². The molecule has 0 amide bonds. The van der Waals surface area contributed by atoms with E-state index < -0.39 is 0 Å². The number of hydrogen-bond acceptors (Lipinski definition) is 4. The third-order valence-corrected chi connectivity index (χ3v) is 3.19. The smallest absolute Gasteiger partial charge is 0.147 e. The predicted molar refractivity (Wildman–Crippen MR) is 61.7 cm³/mol. The van der Waals surface area contributed by atoms with Crippen LogP contribution < -0.4 is 0 Å². The van der Waals surface area contributed by atoms with Crippen LogP contribution in [-0.2, 0) is 19.4 Å². The van der Waals surface area contributed by atoms with Crippen LogP contribution in [0.15, 0.2) is 18.9 Å². The molecule has 1 N–H and O–H groups in total. The summed E-state index contributed by atoms with van der Waals surface area (Å²) in [7, 11) is 0. The number of aryl methyl sites for hydroxylation is 1. The topological polar surface area (TPSA) is 63.8 Å². The first-order valence-electron chi connectivity index (χ1n) is 5.85. The molecule has 2 aromatic rings. The van der Waals surface area contributed by atoms with Gasteiger partial charge in [0.25, 0.3) is 0 Å². The van der Waals surface area contributed by atoms with Gasteiger partial charge in [0.2, 0.25) is 0 Å². The van der Waals surface area contributed by atoms with E-state index in [4.69, 9.17) is 0 Å². The van der Waals surface area contributed by atoms with Crippen LogP contribution in [0.5, 0.6) is 0 Å². The first-order valence-corrected chi connectivity index (χ1v) is 5.85. The molecule has 1 aliphatic carbocycles. The average Bonchev–Trinajstić information content (AvgIpc) is 2.82. The van der Waals surface area contributed by atoms with Crippen LogP contribution in [-0.4, -0.2) is 24.6 Å². The summed E-state index contributed by atoms with van der Waals surface area (Å²) < 4.78 is 1.99. The molecule has 17 heavy (non-hydrogen) atoms. The quantitative estimate of drug-likeness (QED) is 0.837. The number of aromatic nitrogens is 4. The van der Waals surface area contributed by atoms with Crippen LogP contribution in [0.3, 0.4) is 0 Å². The zero-order chi connectivity index (χ0) is 11.7. The van der Waals surface area contributed by atoms with Gasteiger partial charge in [-0.2, -0.15) is 0 Å². The van der Waals surface area contributed by atoms with Gasteiger partial charge < -0.3 is 5.11 Å². The normalized spacial score (nSPS) is 14.6. The Hall–Kier alpha value is -1.75. The molecule has 0 fully saturated rings. The Labute approximate surface area is 99.2 Å². The maximum absolute atomic E-state index is 9.31. The van der Waals surface area contributed by atoms with Gasteiger partial charge in [0, 0.05) is 17.5 Å². The number of rotatable bonds is 2. The number of aliphatic hydroxyl groups excluding tert-OH is 1. The molecule has 5 heteroatoms. The average molecular weight is 230 g/mol. The van der Waals surface area contributed by atoms with Gasteiger partial charge in [-0.3, -0.25) is 4.57 Å². The lowest BCUT2D eigenvalue weighted by Crippen LogP contribution is -2.10. The predicted octanol–water partition coefficient (Wildman–Crippen LogP) is 1.03. The molecule has 0 aromatic carbocycles. The summed E-state index contributed by atoms with van der Waals surface area (Å²) >= 11 is 0. The van der Waals surface area contributed by atoms with Crippen molar-refractivity contribution in [3.8, 4) is 5.82 Å². The van der Waals surface area contributed by atoms with Crippen molar-refractivity contribution in [2.75, 3.05) is 0 Å². The van der Waals surface area contributed by atoms with Crippen LogP contribution >= 0.6 is 0 Å². The van der Waals surface area contributed by atoms with E-state index in [0.29, 0.717) is 0 Å². The highest BCUT2D eigenvalue weighted by molar-refractivity contribution is 5.35. The van der Waals surface area contributed by atoms with Gasteiger partial charge in [0.15, 0.2) is 0 Å². The van der Waals surface area contributed by atoms with Crippen molar-refractivity contribution in [3.63, 3.8) is 0 Å². The molecule has 0 saturated carbocycles.